The molecular formula is C14H19ClN6O. The predicted molar refractivity (Wildman–Crippen MR) is 85.2 cm³/mol. The van der Waals surface area contributed by atoms with Crippen LogP contribution in [0, 0.1) is 5.92 Å². The van der Waals surface area contributed by atoms with E-state index in [1.54, 1.807) is 4.68 Å². The molecule has 1 aliphatic heterocycles. The van der Waals surface area contributed by atoms with Crippen molar-refractivity contribution in [3.63, 3.8) is 0 Å². The molecule has 0 radical (unpaired) electrons. The van der Waals surface area contributed by atoms with E-state index in [-0.39, 0.29) is 24.2 Å². The first-order chi connectivity index (χ1) is 10.2. The number of carbonyl (C=O) groups is 1. The topological polar surface area (TPSA) is 84.7 Å². The van der Waals surface area contributed by atoms with Crippen molar-refractivity contribution in [2.75, 3.05) is 11.9 Å². The number of nitrogens with one attached hydrogen (secondary N) is 2. The molecular weight excluding hydrogens is 304 g/mol. The Morgan fingerprint density at radius 3 is 3.05 bits per heavy atom. The summed E-state index contributed by atoms with van der Waals surface area (Å²) >= 11 is 0. The molecule has 22 heavy (non-hydrogen) atoms. The second-order valence-corrected chi connectivity index (χ2v) is 5.37. The number of piperidine rings is 1. The zero-order valence-corrected chi connectivity index (χ0v) is 13.1. The maximum atomic E-state index is 12.3. The van der Waals surface area contributed by atoms with E-state index < -0.39 is 0 Å². The molecule has 1 amide bonds. The predicted octanol–water partition coefficient (Wildman–Crippen LogP) is 1.41. The smallest absolute Gasteiger partial charge is 0.227 e. The number of hydrogen-bond donors (Lipinski definition) is 2. The van der Waals surface area contributed by atoms with Crippen molar-refractivity contribution in [1.29, 1.82) is 0 Å². The van der Waals surface area contributed by atoms with E-state index in [0.29, 0.717) is 6.04 Å². The van der Waals surface area contributed by atoms with E-state index in [2.05, 4.69) is 33.1 Å². The molecule has 7 nitrogen and oxygen atoms in total. The van der Waals surface area contributed by atoms with Crippen LogP contribution >= 0.6 is 12.4 Å². The highest BCUT2D eigenvalue weighted by Gasteiger charge is 2.24. The Morgan fingerprint density at radius 1 is 1.45 bits per heavy atom. The van der Waals surface area contributed by atoms with Crippen LogP contribution < -0.4 is 10.6 Å². The maximum Gasteiger partial charge on any atom is 0.227 e. The van der Waals surface area contributed by atoms with Gasteiger partial charge in [0.25, 0.3) is 0 Å². The van der Waals surface area contributed by atoms with Gasteiger partial charge in [0, 0.05) is 17.6 Å². The van der Waals surface area contributed by atoms with Crippen molar-refractivity contribution in [2.24, 2.45) is 5.92 Å². The summed E-state index contributed by atoms with van der Waals surface area (Å²) < 4.78 is 1.56. The number of amides is 1. The Morgan fingerprint density at radius 2 is 2.32 bits per heavy atom. The monoisotopic (exact) mass is 322 g/mol. The SMILES string of the molecule is C[C@H]1C[C@@H](C(=O)Nc2cccc(-n3cnnn3)c2)CCN1.Cl. The van der Waals surface area contributed by atoms with Crippen LogP contribution in [0.2, 0.25) is 0 Å². The molecule has 0 aliphatic carbocycles. The van der Waals surface area contributed by atoms with E-state index in [4.69, 9.17) is 0 Å². The van der Waals surface area contributed by atoms with Crippen LogP contribution in [-0.2, 0) is 4.79 Å². The van der Waals surface area contributed by atoms with Gasteiger partial charge in [-0.05, 0) is 54.9 Å². The van der Waals surface area contributed by atoms with Crippen molar-refractivity contribution in [3.8, 4) is 5.69 Å². The zero-order chi connectivity index (χ0) is 14.7. The van der Waals surface area contributed by atoms with Gasteiger partial charge in [0.05, 0.1) is 5.69 Å². The summed E-state index contributed by atoms with van der Waals surface area (Å²) in [6.07, 6.45) is 3.27. The molecule has 0 bridgehead atoms. The molecule has 1 aromatic heterocycles. The first kappa shape index (κ1) is 16.4. The van der Waals surface area contributed by atoms with E-state index in [1.807, 2.05) is 24.3 Å². The lowest BCUT2D eigenvalue weighted by Crippen LogP contribution is -2.40. The van der Waals surface area contributed by atoms with Gasteiger partial charge < -0.3 is 10.6 Å². The molecule has 8 heteroatoms. The number of benzene rings is 1. The summed E-state index contributed by atoms with van der Waals surface area (Å²) in [5.74, 6) is 0.148. The maximum absolute atomic E-state index is 12.3. The number of anilines is 1. The van der Waals surface area contributed by atoms with E-state index in [9.17, 15) is 4.79 Å². The number of halogens is 1. The van der Waals surface area contributed by atoms with Gasteiger partial charge in [0.15, 0.2) is 0 Å². The van der Waals surface area contributed by atoms with E-state index in [0.717, 1.165) is 30.8 Å². The molecule has 2 aromatic rings. The fraction of sp³-hybridized carbons (Fsp3) is 0.429. The summed E-state index contributed by atoms with van der Waals surface area (Å²) in [4.78, 5) is 12.3. The molecule has 1 aliphatic rings. The highest BCUT2D eigenvalue weighted by atomic mass is 35.5. The van der Waals surface area contributed by atoms with Crippen LogP contribution in [0.5, 0.6) is 0 Å². The van der Waals surface area contributed by atoms with Crippen molar-refractivity contribution < 1.29 is 4.79 Å². The van der Waals surface area contributed by atoms with Crippen LogP contribution in [0.15, 0.2) is 30.6 Å². The lowest BCUT2D eigenvalue weighted by molar-refractivity contribution is -0.120. The first-order valence-corrected chi connectivity index (χ1v) is 7.10. The zero-order valence-electron chi connectivity index (χ0n) is 12.3. The first-order valence-electron chi connectivity index (χ1n) is 7.10. The molecule has 1 aromatic carbocycles. The van der Waals surface area contributed by atoms with Gasteiger partial charge in [-0.3, -0.25) is 4.79 Å². The quantitative estimate of drug-likeness (QED) is 0.892. The van der Waals surface area contributed by atoms with Crippen LogP contribution in [0.1, 0.15) is 19.8 Å². The fourth-order valence-corrected chi connectivity index (χ4v) is 2.62. The fourth-order valence-electron chi connectivity index (χ4n) is 2.62. The molecule has 2 N–H and O–H groups in total. The Bertz CT molecular complexity index is 618. The van der Waals surface area contributed by atoms with Crippen molar-refractivity contribution in [2.45, 2.75) is 25.8 Å². The highest BCUT2D eigenvalue weighted by molar-refractivity contribution is 5.92. The number of nitrogens with zero attached hydrogens (tertiary/aromatic N) is 4. The van der Waals surface area contributed by atoms with Gasteiger partial charge in [-0.25, -0.2) is 4.68 Å². The molecule has 2 heterocycles. The van der Waals surface area contributed by atoms with Crippen molar-refractivity contribution >= 4 is 24.0 Å². The molecule has 2 atom stereocenters. The number of rotatable bonds is 3. The summed E-state index contributed by atoms with van der Waals surface area (Å²) in [6, 6.07) is 7.88. The lowest BCUT2D eigenvalue weighted by Gasteiger charge is -2.27. The normalized spacial score (nSPS) is 21.0. The van der Waals surface area contributed by atoms with Crippen LogP contribution in [0.25, 0.3) is 5.69 Å². The van der Waals surface area contributed by atoms with Gasteiger partial charge in [-0.1, -0.05) is 6.07 Å². The number of carbonyl (C=O) groups excluding carboxylic acids is 1. The van der Waals surface area contributed by atoms with Crippen LogP contribution in [-0.4, -0.2) is 38.7 Å². The minimum atomic E-state index is 0. The van der Waals surface area contributed by atoms with Gasteiger partial charge in [-0.15, -0.1) is 17.5 Å². The van der Waals surface area contributed by atoms with Crippen molar-refractivity contribution in [1.82, 2.24) is 25.5 Å². The van der Waals surface area contributed by atoms with Gasteiger partial charge in [0.2, 0.25) is 5.91 Å². The minimum Gasteiger partial charge on any atom is -0.326 e. The lowest BCUT2D eigenvalue weighted by atomic mass is 9.92. The number of aromatic nitrogens is 4. The second-order valence-electron chi connectivity index (χ2n) is 5.37. The summed E-state index contributed by atoms with van der Waals surface area (Å²) in [5, 5.41) is 17.4. The standard InChI is InChI=1S/C14H18N6O.ClH/c1-10-7-11(5-6-15-10)14(21)17-12-3-2-4-13(8-12)20-9-16-18-19-20;/h2-4,8-11,15H,5-7H2,1H3,(H,17,21);1H/t10-,11-;/m0./s1. The van der Waals surface area contributed by atoms with Crippen molar-refractivity contribution in [3.05, 3.63) is 30.6 Å². The Kier molecular flexibility index (Phi) is 5.46. The third-order valence-electron chi connectivity index (χ3n) is 3.72. The molecule has 0 unspecified atom stereocenters. The molecule has 3 rings (SSSR count). The van der Waals surface area contributed by atoms with E-state index >= 15 is 0 Å². The van der Waals surface area contributed by atoms with Crippen LogP contribution in [0.3, 0.4) is 0 Å². The minimum absolute atomic E-state index is 0. The second kappa shape index (κ2) is 7.33. The molecule has 0 spiro atoms. The summed E-state index contributed by atoms with van der Waals surface area (Å²) in [7, 11) is 0. The molecule has 118 valence electrons. The van der Waals surface area contributed by atoms with Gasteiger partial charge in [0.1, 0.15) is 6.33 Å². The molecule has 1 saturated heterocycles. The number of hydrogen-bond acceptors (Lipinski definition) is 5. The van der Waals surface area contributed by atoms with Gasteiger partial charge >= 0.3 is 0 Å². The average Bonchev–Trinajstić information content (AvgIpc) is 3.02. The Hall–Kier alpha value is -1.99. The molecule has 0 saturated carbocycles. The van der Waals surface area contributed by atoms with Crippen LogP contribution in [0.4, 0.5) is 5.69 Å². The average molecular weight is 323 g/mol. The summed E-state index contributed by atoms with van der Waals surface area (Å²) in [5.41, 5.74) is 1.58. The molecule has 1 fully saturated rings. The number of tetrazole rings is 1. The summed E-state index contributed by atoms with van der Waals surface area (Å²) in [6.45, 7) is 3.00. The largest absolute Gasteiger partial charge is 0.326 e. The third-order valence-corrected chi connectivity index (χ3v) is 3.72. The van der Waals surface area contributed by atoms with E-state index in [1.165, 1.54) is 6.33 Å². The highest BCUT2D eigenvalue weighted by Crippen LogP contribution is 2.19. The van der Waals surface area contributed by atoms with Gasteiger partial charge in [-0.2, -0.15) is 0 Å². The third kappa shape index (κ3) is 3.80. The Labute approximate surface area is 134 Å². The Balaban J connectivity index is 0.00000176.